The number of para-hydroxylation sites is 2. The number of ether oxygens (including phenoxy) is 2. The van der Waals surface area contributed by atoms with E-state index in [1.54, 1.807) is 7.11 Å². The molecule has 1 atom stereocenters. The molecule has 30 heavy (non-hydrogen) atoms. The molecule has 0 bridgehead atoms. The van der Waals surface area contributed by atoms with Gasteiger partial charge >= 0.3 is 0 Å². The van der Waals surface area contributed by atoms with Crippen LogP contribution in [0.15, 0.2) is 77.8 Å². The lowest BCUT2D eigenvalue weighted by molar-refractivity contribution is 0.284. The van der Waals surface area contributed by atoms with E-state index in [-0.39, 0.29) is 6.17 Å². The molecule has 0 saturated heterocycles. The number of rotatable bonds is 5. The lowest BCUT2D eigenvalue weighted by Gasteiger charge is -2.24. The van der Waals surface area contributed by atoms with Gasteiger partial charge in [0.15, 0.2) is 23.6 Å². The molecule has 0 amide bonds. The number of imidazole rings is 1. The number of hydrogen-bond acceptors (Lipinski definition) is 6. The van der Waals surface area contributed by atoms with Crippen molar-refractivity contribution in [2.45, 2.75) is 12.8 Å². The minimum Gasteiger partial charge on any atom is -0.493 e. The van der Waals surface area contributed by atoms with Crippen molar-refractivity contribution in [2.75, 3.05) is 12.4 Å². The molecule has 1 aliphatic heterocycles. The first-order valence-corrected chi connectivity index (χ1v) is 9.65. The second kappa shape index (κ2) is 7.44. The molecule has 7 nitrogen and oxygen atoms in total. The number of nitrogens with zero attached hydrogens (tertiary/aromatic N) is 3. The third-order valence-electron chi connectivity index (χ3n) is 5.06. The summed E-state index contributed by atoms with van der Waals surface area (Å²) >= 11 is 0. The van der Waals surface area contributed by atoms with Crippen LogP contribution in [0.1, 0.15) is 17.3 Å². The number of aromatic nitrogens is 2. The Balaban J connectivity index is 1.55. The number of nitrogens with one attached hydrogen (secondary N) is 1. The topological polar surface area (TPSA) is 86.7 Å². The van der Waals surface area contributed by atoms with Gasteiger partial charge in [0.1, 0.15) is 6.61 Å². The van der Waals surface area contributed by atoms with Gasteiger partial charge in [0, 0.05) is 5.56 Å². The minimum absolute atomic E-state index is 0.324. The Morgan fingerprint density at radius 1 is 1.00 bits per heavy atom. The van der Waals surface area contributed by atoms with Crippen molar-refractivity contribution in [3.05, 3.63) is 83.9 Å². The van der Waals surface area contributed by atoms with Crippen LogP contribution >= 0.6 is 0 Å². The van der Waals surface area contributed by atoms with Crippen molar-refractivity contribution in [3.63, 3.8) is 0 Å². The summed E-state index contributed by atoms with van der Waals surface area (Å²) in [6.07, 6.45) is -0.362. The first-order valence-electron chi connectivity index (χ1n) is 9.65. The van der Waals surface area contributed by atoms with E-state index in [4.69, 9.17) is 15.2 Å². The molecule has 2 heterocycles. The zero-order chi connectivity index (χ0) is 20.5. The monoisotopic (exact) mass is 399 g/mol. The fraction of sp³-hybridized carbons (Fsp3) is 0.130. The predicted molar refractivity (Wildman–Crippen MR) is 117 cm³/mol. The number of aliphatic imine (C=N–C) groups is 1. The Labute approximate surface area is 173 Å². The van der Waals surface area contributed by atoms with E-state index in [1.807, 2.05) is 77.4 Å². The van der Waals surface area contributed by atoms with Crippen molar-refractivity contribution in [3.8, 4) is 11.5 Å². The maximum Gasteiger partial charge on any atom is 0.212 e. The molecule has 0 fully saturated rings. The third-order valence-corrected chi connectivity index (χ3v) is 5.06. The normalized spacial score (nSPS) is 15.2. The minimum atomic E-state index is -0.362. The van der Waals surface area contributed by atoms with Crippen LogP contribution < -0.4 is 20.5 Å². The number of hydrogen-bond donors (Lipinski definition) is 2. The molecule has 0 saturated carbocycles. The first kappa shape index (κ1) is 18.1. The van der Waals surface area contributed by atoms with Crippen LogP contribution in [0.4, 0.5) is 5.95 Å². The molecule has 0 unspecified atom stereocenters. The molecule has 0 aliphatic carbocycles. The Hall–Kier alpha value is -4.00. The summed E-state index contributed by atoms with van der Waals surface area (Å²) in [5, 5.41) is 3.06. The highest BCUT2D eigenvalue weighted by atomic mass is 16.5. The highest BCUT2D eigenvalue weighted by molar-refractivity contribution is 5.94. The SMILES string of the molecule is COc1ccc([C@H]2N=C(N)Nc3nc4ccccc4n32)cc1OCc1ccccc1. The summed E-state index contributed by atoms with van der Waals surface area (Å²) < 4.78 is 13.6. The molecule has 3 N–H and O–H groups in total. The van der Waals surface area contributed by atoms with Crippen LogP contribution in [0.25, 0.3) is 11.0 Å². The molecule has 3 aromatic carbocycles. The molecule has 7 heteroatoms. The summed E-state index contributed by atoms with van der Waals surface area (Å²) in [4.78, 5) is 9.29. The van der Waals surface area contributed by atoms with Gasteiger partial charge in [-0.2, -0.15) is 0 Å². The van der Waals surface area contributed by atoms with Crippen molar-refractivity contribution in [1.29, 1.82) is 0 Å². The maximum absolute atomic E-state index is 6.08. The van der Waals surface area contributed by atoms with Crippen LogP contribution in [0.3, 0.4) is 0 Å². The van der Waals surface area contributed by atoms with E-state index in [1.165, 1.54) is 0 Å². The summed E-state index contributed by atoms with van der Waals surface area (Å²) in [5.74, 6) is 2.30. The smallest absolute Gasteiger partial charge is 0.212 e. The predicted octanol–water partition coefficient (Wildman–Crippen LogP) is 3.91. The van der Waals surface area contributed by atoms with Crippen LogP contribution in [0.5, 0.6) is 11.5 Å². The van der Waals surface area contributed by atoms with Gasteiger partial charge < -0.3 is 15.2 Å². The molecule has 5 rings (SSSR count). The largest absolute Gasteiger partial charge is 0.493 e. The fourth-order valence-electron chi connectivity index (χ4n) is 3.64. The van der Waals surface area contributed by atoms with Crippen LogP contribution in [-0.4, -0.2) is 22.6 Å². The molecular weight excluding hydrogens is 378 g/mol. The van der Waals surface area contributed by atoms with Crippen molar-refractivity contribution >= 4 is 22.9 Å². The first-order chi connectivity index (χ1) is 14.7. The van der Waals surface area contributed by atoms with Crippen molar-refractivity contribution in [1.82, 2.24) is 9.55 Å². The van der Waals surface area contributed by atoms with Gasteiger partial charge in [-0.1, -0.05) is 48.5 Å². The second-order valence-electron chi connectivity index (χ2n) is 6.99. The van der Waals surface area contributed by atoms with E-state index in [0.29, 0.717) is 30.0 Å². The van der Waals surface area contributed by atoms with Gasteiger partial charge in [0.2, 0.25) is 5.95 Å². The highest BCUT2D eigenvalue weighted by Gasteiger charge is 2.26. The van der Waals surface area contributed by atoms with Gasteiger partial charge in [-0.05, 0) is 29.8 Å². The van der Waals surface area contributed by atoms with Crippen LogP contribution in [0.2, 0.25) is 0 Å². The zero-order valence-corrected chi connectivity index (χ0v) is 16.4. The second-order valence-corrected chi connectivity index (χ2v) is 6.99. The zero-order valence-electron chi connectivity index (χ0n) is 16.4. The quantitative estimate of drug-likeness (QED) is 0.531. The van der Waals surface area contributed by atoms with E-state index in [0.717, 1.165) is 22.2 Å². The van der Waals surface area contributed by atoms with E-state index in [9.17, 15) is 0 Å². The number of anilines is 1. The Bertz CT molecular complexity index is 1230. The van der Waals surface area contributed by atoms with Gasteiger partial charge in [-0.3, -0.25) is 9.88 Å². The molecule has 0 radical (unpaired) electrons. The van der Waals surface area contributed by atoms with E-state index in [2.05, 4.69) is 15.3 Å². The third kappa shape index (κ3) is 3.20. The standard InChI is InChI=1S/C23H21N5O2/c1-29-19-12-11-16(13-20(19)30-14-15-7-3-2-4-8-15)21-26-22(24)27-23-25-17-9-5-6-10-18(17)28(21)23/h2-13,21H,14H2,1H3,(H3,24,25,26,27)/t21-/m0/s1. The lowest BCUT2D eigenvalue weighted by atomic mass is 10.1. The molecule has 4 aromatic rings. The molecular formula is C23H21N5O2. The van der Waals surface area contributed by atoms with Gasteiger partial charge in [-0.15, -0.1) is 0 Å². The van der Waals surface area contributed by atoms with Gasteiger partial charge in [-0.25, -0.2) is 9.98 Å². The Morgan fingerprint density at radius 3 is 2.63 bits per heavy atom. The molecule has 150 valence electrons. The number of guanidine groups is 1. The van der Waals surface area contributed by atoms with Gasteiger partial charge in [0.25, 0.3) is 0 Å². The number of benzene rings is 3. The molecule has 0 spiro atoms. The van der Waals surface area contributed by atoms with Crippen molar-refractivity contribution in [2.24, 2.45) is 10.7 Å². The van der Waals surface area contributed by atoms with E-state index >= 15 is 0 Å². The summed E-state index contributed by atoms with van der Waals surface area (Å²) in [7, 11) is 1.63. The van der Waals surface area contributed by atoms with Gasteiger partial charge in [0.05, 0.1) is 18.1 Å². The van der Waals surface area contributed by atoms with E-state index < -0.39 is 0 Å². The summed E-state index contributed by atoms with van der Waals surface area (Å²) in [5.41, 5.74) is 9.92. The maximum atomic E-state index is 6.08. The Morgan fingerprint density at radius 2 is 1.80 bits per heavy atom. The van der Waals surface area contributed by atoms with Crippen molar-refractivity contribution < 1.29 is 9.47 Å². The summed E-state index contributed by atoms with van der Waals surface area (Å²) in [6, 6.07) is 23.8. The lowest BCUT2D eigenvalue weighted by Crippen LogP contribution is -2.31. The average molecular weight is 399 g/mol. The fourth-order valence-corrected chi connectivity index (χ4v) is 3.64. The number of nitrogens with two attached hydrogens (primary N) is 1. The average Bonchev–Trinajstić information content (AvgIpc) is 3.15. The molecule has 1 aromatic heterocycles. The number of fused-ring (bicyclic) bond motifs is 3. The Kier molecular flexibility index (Phi) is 4.48. The summed E-state index contributed by atoms with van der Waals surface area (Å²) in [6.45, 7) is 0.442. The molecule has 1 aliphatic rings. The van der Waals surface area contributed by atoms with Crippen LogP contribution in [-0.2, 0) is 6.61 Å². The van der Waals surface area contributed by atoms with Crippen LogP contribution in [0, 0.1) is 0 Å². The number of methoxy groups -OCH3 is 1. The highest BCUT2D eigenvalue weighted by Crippen LogP contribution is 2.36.